The summed E-state index contributed by atoms with van der Waals surface area (Å²) in [6.07, 6.45) is -67.2. The highest BCUT2D eigenvalue weighted by atomic mass is 16.8. The number of aliphatic hydroxyl groups excluding tert-OH is 19. The standard InChI is InChI=1S/C57H100N3O36/c1-58(2)10-6-11-59(12-7-13-60(3,4)5)31(68)8-9-32(69)82-21-30-50-38(75)44(81)57(90-30)96-49-29(20-66)89-56(43(80)37(49)74)95-48-28(19-65)88-55(42(79)36(48)73)94-47-27(18-64)87-54(41(78)35(47)72)93-46-26(17-63)86-53(40(77)34(46)71)92-45-25(16-62)85-52(39(76)33(45)70)83-23-14-22(67)51(91-50)84-24(23)15-61/h22-30,33-57,61-67,70-81H,6-21H2,1-5H3/q+1. The molecule has 21 rings (SSSR count). The van der Waals surface area contributed by atoms with Gasteiger partial charge in [0.25, 0.3) is 0 Å². The summed E-state index contributed by atoms with van der Waals surface area (Å²) in [5, 5.41) is 213. The molecule has 14 bridgehead atoms. The van der Waals surface area contributed by atoms with Crippen molar-refractivity contribution in [2.75, 3.05) is 108 Å². The monoisotopic (exact) mass is 1400 g/mol. The van der Waals surface area contributed by atoms with E-state index in [4.69, 9.17) is 71.1 Å². The van der Waals surface area contributed by atoms with E-state index in [2.05, 4.69) is 0 Å². The van der Waals surface area contributed by atoms with Gasteiger partial charge in [0.15, 0.2) is 44.0 Å². The van der Waals surface area contributed by atoms with Gasteiger partial charge >= 0.3 is 5.97 Å². The first kappa shape index (κ1) is 79.2. The second kappa shape index (κ2) is 35.1. The van der Waals surface area contributed by atoms with Crippen LogP contribution in [0.2, 0.25) is 0 Å². The topological polar surface area (TPSA) is 563 Å². The smallest absolute Gasteiger partial charge is 0.306 e. The Morgan fingerprint density at radius 1 is 0.375 bits per heavy atom. The van der Waals surface area contributed by atoms with E-state index in [1.54, 1.807) is 4.90 Å². The maximum atomic E-state index is 13.7. The minimum atomic E-state index is -2.25. The first-order chi connectivity index (χ1) is 45.5. The molecule has 21 fully saturated rings. The van der Waals surface area contributed by atoms with Gasteiger partial charge in [-0.3, -0.25) is 9.59 Å². The Morgan fingerprint density at radius 2 is 0.677 bits per heavy atom. The van der Waals surface area contributed by atoms with Crippen molar-refractivity contribution in [1.29, 1.82) is 0 Å². The van der Waals surface area contributed by atoms with Gasteiger partial charge in [-0.2, -0.15) is 0 Å². The maximum absolute atomic E-state index is 13.7. The zero-order valence-corrected chi connectivity index (χ0v) is 53.7. The molecule has 21 heterocycles. The molecular formula is C57H100N3O36+. The normalized spacial score (nSPS) is 46.1. The minimum Gasteiger partial charge on any atom is -0.463 e. The van der Waals surface area contributed by atoms with Gasteiger partial charge < -0.3 is 182 Å². The Morgan fingerprint density at radius 3 is 1.01 bits per heavy atom. The summed E-state index contributed by atoms with van der Waals surface area (Å²) >= 11 is 0. The molecule has 0 spiro atoms. The molecule has 96 heavy (non-hydrogen) atoms. The molecule has 0 saturated carbocycles. The molecule has 34 atom stereocenters. The van der Waals surface area contributed by atoms with Gasteiger partial charge in [0.2, 0.25) is 5.91 Å². The third kappa shape index (κ3) is 18.7. The average molecular weight is 1400 g/mol. The molecule has 0 aromatic rings. The lowest BCUT2D eigenvalue weighted by molar-refractivity contribution is -0.870. The van der Waals surface area contributed by atoms with E-state index in [0.717, 1.165) is 6.54 Å². The van der Waals surface area contributed by atoms with Gasteiger partial charge in [-0.1, -0.05) is 0 Å². The number of hydrogen-bond donors (Lipinski definition) is 19. The molecule has 0 aliphatic carbocycles. The molecule has 19 N–H and O–H groups in total. The second-order valence-electron chi connectivity index (χ2n) is 26.5. The van der Waals surface area contributed by atoms with Crippen molar-refractivity contribution in [3.8, 4) is 0 Å². The summed E-state index contributed by atoms with van der Waals surface area (Å²) in [5.41, 5.74) is 0. The minimum absolute atomic E-state index is 0.293. The van der Waals surface area contributed by atoms with Crippen LogP contribution in [0.4, 0.5) is 0 Å². The van der Waals surface area contributed by atoms with Gasteiger partial charge in [0.1, 0.15) is 165 Å². The van der Waals surface area contributed by atoms with Crippen molar-refractivity contribution >= 4 is 11.9 Å². The summed E-state index contributed by atoms with van der Waals surface area (Å²) < 4.78 is 88.1. The average Bonchev–Trinajstić information content (AvgIpc) is 0.790. The molecule has 558 valence electrons. The third-order valence-electron chi connectivity index (χ3n) is 18.1. The Hall–Kier alpha value is -2.46. The van der Waals surface area contributed by atoms with Crippen molar-refractivity contribution in [2.24, 2.45) is 0 Å². The lowest BCUT2D eigenvalue weighted by Crippen LogP contribution is -2.68. The first-order valence-electron chi connectivity index (χ1n) is 32.0. The SMILES string of the molecule is CN(C)CCCN(CCC[N+](C)(C)C)C(=O)CCC(=O)OCC1OC2OC3C(CO)OC(OC4C(CO)OC(OC5C(CO)OC(OC6C(CO)OC(OC7C(CO)OC(OC8CC(O)C(OC8CO)OC1C(O)C2O)C(O)C7O)C(O)C6O)C(O)C5O)C(O)C4O)C(O)C3O. The fourth-order valence-electron chi connectivity index (χ4n) is 12.7. The summed E-state index contributed by atoms with van der Waals surface area (Å²) in [7, 11) is 9.81. The molecule has 0 aromatic heterocycles. The zero-order chi connectivity index (χ0) is 70.4. The fourth-order valence-corrected chi connectivity index (χ4v) is 12.7. The Labute approximate surface area is 551 Å². The highest BCUT2D eigenvalue weighted by Gasteiger charge is 2.59. The van der Waals surface area contributed by atoms with E-state index in [-0.39, 0.29) is 12.3 Å². The fraction of sp³-hybridized carbons (Fsp3) is 0.965. The number of aliphatic hydroxyl groups is 19. The van der Waals surface area contributed by atoms with Crippen molar-refractivity contribution in [2.45, 2.75) is 241 Å². The highest BCUT2D eigenvalue weighted by molar-refractivity contribution is 5.81. The number of ether oxygens (including phenoxy) is 15. The number of carbonyl (C=O) groups excluding carboxylic acids is 2. The highest BCUT2D eigenvalue weighted by Crippen LogP contribution is 2.39. The van der Waals surface area contributed by atoms with E-state index >= 15 is 0 Å². The quantitative estimate of drug-likeness (QED) is 0.0422. The lowest BCUT2D eigenvalue weighted by atomic mass is 9.95. The Bertz CT molecular complexity index is 2370. The Kier molecular flexibility index (Phi) is 29.0. The second-order valence-corrected chi connectivity index (χ2v) is 26.5. The van der Waals surface area contributed by atoms with Crippen LogP contribution in [-0.4, -0.2) is 440 Å². The van der Waals surface area contributed by atoms with Crippen molar-refractivity contribution < 1.29 is 182 Å². The molecule has 39 nitrogen and oxygen atoms in total. The Balaban J connectivity index is 1.06. The first-order valence-corrected chi connectivity index (χ1v) is 32.0. The van der Waals surface area contributed by atoms with Gasteiger partial charge in [-0.05, 0) is 27.1 Å². The van der Waals surface area contributed by atoms with Crippen molar-refractivity contribution in [3.05, 3.63) is 0 Å². The molecule has 0 radical (unpaired) electrons. The molecule has 21 saturated heterocycles. The summed E-state index contributed by atoms with van der Waals surface area (Å²) in [4.78, 5) is 30.9. The molecule has 21 aliphatic rings. The summed E-state index contributed by atoms with van der Waals surface area (Å²) in [5.74, 6) is -1.30. The maximum Gasteiger partial charge on any atom is 0.306 e. The molecule has 21 aliphatic heterocycles. The molecule has 1 amide bonds. The van der Waals surface area contributed by atoms with E-state index in [0.29, 0.717) is 37.0 Å². The van der Waals surface area contributed by atoms with Gasteiger partial charge in [-0.25, -0.2) is 0 Å². The molecular weight excluding hydrogens is 1300 g/mol. The van der Waals surface area contributed by atoms with Crippen LogP contribution in [-0.2, 0) is 80.6 Å². The predicted molar refractivity (Wildman–Crippen MR) is 307 cm³/mol. The van der Waals surface area contributed by atoms with Gasteiger partial charge in [0, 0.05) is 32.4 Å². The zero-order valence-electron chi connectivity index (χ0n) is 53.7. The van der Waals surface area contributed by atoms with E-state index in [1.165, 1.54) is 0 Å². The van der Waals surface area contributed by atoms with E-state index in [9.17, 15) is 107 Å². The van der Waals surface area contributed by atoms with Crippen molar-refractivity contribution in [1.82, 2.24) is 9.80 Å². The molecule has 34 unspecified atom stereocenters. The number of nitrogens with zero attached hydrogens (tertiary/aromatic N) is 3. The van der Waals surface area contributed by atoms with E-state index in [1.807, 2.05) is 40.1 Å². The van der Waals surface area contributed by atoms with E-state index < -0.39 is 274 Å². The lowest BCUT2D eigenvalue weighted by Gasteiger charge is -2.50. The number of quaternary nitrogens is 1. The number of hydrogen-bond acceptors (Lipinski definition) is 37. The van der Waals surface area contributed by atoms with Crippen LogP contribution in [0.5, 0.6) is 0 Å². The van der Waals surface area contributed by atoms with Crippen LogP contribution in [0, 0.1) is 0 Å². The van der Waals surface area contributed by atoms with Crippen LogP contribution in [0.3, 0.4) is 0 Å². The largest absolute Gasteiger partial charge is 0.463 e. The van der Waals surface area contributed by atoms with Crippen molar-refractivity contribution in [3.63, 3.8) is 0 Å². The van der Waals surface area contributed by atoms with Crippen LogP contribution >= 0.6 is 0 Å². The summed E-state index contributed by atoms with van der Waals surface area (Å²) in [6.45, 7) is -4.81. The van der Waals surface area contributed by atoms with Gasteiger partial charge in [-0.15, -0.1) is 0 Å². The third-order valence-corrected chi connectivity index (χ3v) is 18.1. The number of carbonyl (C=O) groups is 2. The molecule has 39 heteroatoms. The summed E-state index contributed by atoms with van der Waals surface area (Å²) in [6, 6.07) is 0. The number of amides is 1. The van der Waals surface area contributed by atoms with Crippen LogP contribution in [0.15, 0.2) is 0 Å². The number of esters is 1. The van der Waals surface area contributed by atoms with Crippen LogP contribution < -0.4 is 0 Å². The molecule has 0 aromatic carbocycles. The number of rotatable bonds is 19. The van der Waals surface area contributed by atoms with Crippen LogP contribution in [0.25, 0.3) is 0 Å². The van der Waals surface area contributed by atoms with Crippen LogP contribution in [0.1, 0.15) is 32.1 Å². The van der Waals surface area contributed by atoms with Gasteiger partial charge in [0.05, 0.1) is 79.9 Å². The predicted octanol–water partition coefficient (Wildman–Crippen LogP) is -13.0.